The molecule has 1 aromatic heterocycles. The molecular weight excluding hydrogens is 284 g/mol. The van der Waals surface area contributed by atoms with Crippen LogP contribution in [-0.4, -0.2) is 21.1 Å². The first kappa shape index (κ1) is 11.6. The monoisotopic (exact) mass is 292 g/mol. The van der Waals surface area contributed by atoms with Gasteiger partial charge >= 0.3 is 0 Å². The van der Waals surface area contributed by atoms with Crippen LogP contribution in [0.1, 0.15) is 16.1 Å². The maximum Gasteiger partial charge on any atom is 0.209 e. The lowest BCUT2D eigenvalue weighted by Gasteiger charge is -1.93. The predicted molar refractivity (Wildman–Crippen MR) is 67.8 cm³/mol. The van der Waals surface area contributed by atoms with Crippen molar-refractivity contribution in [2.45, 2.75) is 0 Å². The molecule has 0 atom stereocenters. The third-order valence-electron chi connectivity index (χ3n) is 2.15. The van der Waals surface area contributed by atoms with Gasteiger partial charge in [-0.3, -0.25) is 9.89 Å². The number of carbonyl (C=O) groups is 1. The molecular formula is C12H9BrN2O2. The van der Waals surface area contributed by atoms with E-state index in [1.807, 2.05) is 24.3 Å². The minimum atomic E-state index is -0.341. The molecule has 0 saturated heterocycles. The van der Waals surface area contributed by atoms with Gasteiger partial charge in [-0.05, 0) is 23.8 Å². The number of hydrogen-bond acceptors (Lipinski definition) is 3. The van der Waals surface area contributed by atoms with E-state index < -0.39 is 0 Å². The maximum absolute atomic E-state index is 11.6. The van der Waals surface area contributed by atoms with Crippen LogP contribution in [0.2, 0.25) is 0 Å². The van der Waals surface area contributed by atoms with Gasteiger partial charge in [-0.1, -0.05) is 34.1 Å². The number of allylic oxidation sites excluding steroid dienone is 1. The average molecular weight is 293 g/mol. The fraction of sp³-hybridized carbons (Fsp3) is 0. The number of aromatic amines is 1. The van der Waals surface area contributed by atoms with Crippen molar-refractivity contribution < 1.29 is 9.90 Å². The van der Waals surface area contributed by atoms with Gasteiger partial charge in [-0.15, -0.1) is 0 Å². The van der Waals surface area contributed by atoms with Gasteiger partial charge in [0.15, 0.2) is 11.4 Å². The Bertz CT molecular complexity index is 558. The molecule has 0 aliphatic rings. The van der Waals surface area contributed by atoms with E-state index in [-0.39, 0.29) is 17.2 Å². The highest BCUT2D eigenvalue weighted by molar-refractivity contribution is 9.10. The summed E-state index contributed by atoms with van der Waals surface area (Å²) in [5, 5.41) is 15.4. The van der Waals surface area contributed by atoms with Crippen molar-refractivity contribution in [3.05, 3.63) is 52.3 Å². The van der Waals surface area contributed by atoms with Crippen molar-refractivity contribution in [3.8, 4) is 5.75 Å². The van der Waals surface area contributed by atoms with Gasteiger partial charge in [-0.25, -0.2) is 0 Å². The Morgan fingerprint density at radius 3 is 2.65 bits per heavy atom. The number of rotatable bonds is 3. The van der Waals surface area contributed by atoms with Crippen LogP contribution >= 0.6 is 15.9 Å². The quantitative estimate of drug-likeness (QED) is 0.675. The number of H-pyrrole nitrogens is 1. The number of benzene rings is 1. The molecule has 1 aromatic carbocycles. The van der Waals surface area contributed by atoms with Crippen molar-refractivity contribution in [2.75, 3.05) is 0 Å². The molecule has 0 bridgehead atoms. The van der Waals surface area contributed by atoms with E-state index in [1.165, 1.54) is 12.3 Å². The number of ketones is 1. The van der Waals surface area contributed by atoms with Gasteiger partial charge in [0, 0.05) is 4.47 Å². The van der Waals surface area contributed by atoms with Crippen molar-refractivity contribution in [2.24, 2.45) is 0 Å². The zero-order chi connectivity index (χ0) is 12.3. The Morgan fingerprint density at radius 1 is 1.35 bits per heavy atom. The zero-order valence-electron chi connectivity index (χ0n) is 8.72. The SMILES string of the molecule is O=C(/C=C/c1ccc(Br)cc1)c1n[nH]cc1O. The number of halogens is 1. The van der Waals surface area contributed by atoms with Crippen molar-refractivity contribution in [3.63, 3.8) is 0 Å². The number of nitrogens with zero attached hydrogens (tertiary/aromatic N) is 1. The summed E-state index contributed by atoms with van der Waals surface area (Å²) in [5.41, 5.74) is 0.926. The fourth-order valence-electron chi connectivity index (χ4n) is 1.29. The Hall–Kier alpha value is -1.88. The van der Waals surface area contributed by atoms with Gasteiger partial charge in [0.1, 0.15) is 0 Å². The van der Waals surface area contributed by atoms with Gasteiger partial charge < -0.3 is 5.11 Å². The summed E-state index contributed by atoms with van der Waals surface area (Å²) < 4.78 is 0.978. The maximum atomic E-state index is 11.6. The zero-order valence-corrected chi connectivity index (χ0v) is 10.3. The van der Waals surface area contributed by atoms with Gasteiger partial charge in [0.05, 0.1) is 6.20 Å². The van der Waals surface area contributed by atoms with E-state index in [9.17, 15) is 9.90 Å². The minimum absolute atomic E-state index is 0.0263. The summed E-state index contributed by atoms with van der Waals surface area (Å²) in [6.07, 6.45) is 4.31. The lowest BCUT2D eigenvalue weighted by Crippen LogP contribution is -1.94. The molecule has 2 rings (SSSR count). The molecule has 0 aliphatic heterocycles. The van der Waals surface area contributed by atoms with Crippen LogP contribution in [-0.2, 0) is 0 Å². The lowest BCUT2D eigenvalue weighted by atomic mass is 10.2. The summed E-state index contributed by atoms with van der Waals surface area (Å²) in [6, 6.07) is 7.52. The van der Waals surface area contributed by atoms with Crippen LogP contribution in [0.15, 0.2) is 41.0 Å². The summed E-state index contributed by atoms with van der Waals surface area (Å²) in [4.78, 5) is 11.6. The van der Waals surface area contributed by atoms with Gasteiger partial charge in [0.25, 0.3) is 0 Å². The normalized spacial score (nSPS) is 10.9. The Kier molecular flexibility index (Phi) is 3.39. The van der Waals surface area contributed by atoms with E-state index in [4.69, 9.17) is 0 Å². The summed E-state index contributed by atoms with van der Waals surface area (Å²) >= 11 is 3.33. The molecule has 0 spiro atoms. The molecule has 4 nitrogen and oxygen atoms in total. The Morgan fingerprint density at radius 2 is 2.06 bits per heavy atom. The van der Waals surface area contributed by atoms with Crippen LogP contribution in [0.5, 0.6) is 5.75 Å². The molecule has 1 heterocycles. The largest absolute Gasteiger partial charge is 0.504 e. The van der Waals surface area contributed by atoms with Crippen molar-refractivity contribution in [1.82, 2.24) is 10.2 Å². The van der Waals surface area contributed by atoms with Crippen LogP contribution < -0.4 is 0 Å². The Balaban J connectivity index is 2.14. The molecule has 0 saturated carbocycles. The second kappa shape index (κ2) is 4.97. The lowest BCUT2D eigenvalue weighted by molar-refractivity contribution is 0.104. The number of aromatic nitrogens is 2. The van der Waals surface area contributed by atoms with E-state index in [0.717, 1.165) is 10.0 Å². The molecule has 5 heteroatoms. The molecule has 2 N–H and O–H groups in total. The highest BCUT2D eigenvalue weighted by atomic mass is 79.9. The van der Waals surface area contributed by atoms with E-state index in [1.54, 1.807) is 6.08 Å². The molecule has 0 unspecified atom stereocenters. The molecule has 0 fully saturated rings. The van der Waals surface area contributed by atoms with Crippen LogP contribution in [0, 0.1) is 0 Å². The summed E-state index contributed by atoms with van der Waals surface area (Å²) in [7, 11) is 0. The van der Waals surface area contributed by atoms with E-state index >= 15 is 0 Å². The summed E-state index contributed by atoms with van der Waals surface area (Å²) in [5.74, 6) is -0.484. The second-order valence-electron chi connectivity index (χ2n) is 3.37. The molecule has 0 radical (unpaired) electrons. The van der Waals surface area contributed by atoms with Crippen molar-refractivity contribution in [1.29, 1.82) is 0 Å². The topological polar surface area (TPSA) is 66.0 Å². The molecule has 0 aliphatic carbocycles. The number of hydrogen-bond donors (Lipinski definition) is 2. The molecule has 86 valence electrons. The Labute approximate surface area is 106 Å². The number of carbonyl (C=O) groups excluding carboxylic acids is 1. The number of aromatic hydroxyl groups is 1. The minimum Gasteiger partial charge on any atom is -0.504 e. The molecule has 2 aromatic rings. The standard InChI is InChI=1S/C12H9BrN2O2/c13-9-4-1-8(2-5-9)3-6-10(16)12-11(17)7-14-15-12/h1-7,17H,(H,14,15)/b6-3+. The smallest absolute Gasteiger partial charge is 0.209 e. The second-order valence-corrected chi connectivity index (χ2v) is 4.28. The first-order valence-electron chi connectivity index (χ1n) is 4.87. The first-order valence-corrected chi connectivity index (χ1v) is 5.67. The highest BCUT2D eigenvalue weighted by Gasteiger charge is 2.10. The third kappa shape index (κ3) is 2.82. The first-order chi connectivity index (χ1) is 8.16. The highest BCUT2D eigenvalue weighted by Crippen LogP contribution is 2.15. The number of nitrogens with one attached hydrogen (secondary N) is 1. The van der Waals surface area contributed by atoms with Crippen LogP contribution in [0.4, 0.5) is 0 Å². The molecule has 17 heavy (non-hydrogen) atoms. The predicted octanol–water partition coefficient (Wildman–Crippen LogP) is 2.77. The summed E-state index contributed by atoms with van der Waals surface area (Å²) in [6.45, 7) is 0. The van der Waals surface area contributed by atoms with Gasteiger partial charge in [0.2, 0.25) is 5.78 Å². The fourth-order valence-corrected chi connectivity index (χ4v) is 1.55. The third-order valence-corrected chi connectivity index (χ3v) is 2.68. The van der Waals surface area contributed by atoms with E-state index in [0.29, 0.717) is 0 Å². The van der Waals surface area contributed by atoms with Gasteiger partial charge in [-0.2, -0.15) is 5.10 Å². The van der Waals surface area contributed by atoms with Crippen LogP contribution in [0.3, 0.4) is 0 Å². The van der Waals surface area contributed by atoms with E-state index in [2.05, 4.69) is 26.1 Å². The van der Waals surface area contributed by atoms with Crippen molar-refractivity contribution >= 4 is 27.8 Å². The van der Waals surface area contributed by atoms with Crippen LogP contribution in [0.25, 0.3) is 6.08 Å². The molecule has 0 amide bonds. The average Bonchev–Trinajstić information content (AvgIpc) is 2.74.